The predicted octanol–water partition coefficient (Wildman–Crippen LogP) is 3.12. The lowest BCUT2D eigenvalue weighted by Gasteiger charge is -2.29. The van der Waals surface area contributed by atoms with Crippen molar-refractivity contribution in [2.45, 2.75) is 45.3 Å². The first-order valence-corrected chi connectivity index (χ1v) is 9.53. The summed E-state index contributed by atoms with van der Waals surface area (Å²) >= 11 is 1.70. The van der Waals surface area contributed by atoms with Gasteiger partial charge in [0.1, 0.15) is 10.8 Å². The maximum Gasteiger partial charge on any atom is 0.138 e. The third-order valence-electron chi connectivity index (χ3n) is 5.45. The third-order valence-corrected chi connectivity index (χ3v) is 6.22. The Balaban J connectivity index is 0.00000182. The Morgan fingerprint density at radius 3 is 2.84 bits per heavy atom. The van der Waals surface area contributed by atoms with E-state index in [-0.39, 0.29) is 12.4 Å². The second-order valence-corrected chi connectivity index (χ2v) is 8.06. The van der Waals surface area contributed by atoms with Crippen molar-refractivity contribution in [3.63, 3.8) is 0 Å². The van der Waals surface area contributed by atoms with E-state index in [0.29, 0.717) is 23.8 Å². The number of hydrogen-bond acceptors (Lipinski definition) is 6. The summed E-state index contributed by atoms with van der Waals surface area (Å²) in [6.45, 7) is 5.74. The zero-order valence-corrected chi connectivity index (χ0v) is 16.1. The van der Waals surface area contributed by atoms with Crippen LogP contribution in [0.15, 0.2) is 23.7 Å². The van der Waals surface area contributed by atoms with Crippen LogP contribution in [0, 0.1) is 12.3 Å². The van der Waals surface area contributed by atoms with Crippen molar-refractivity contribution in [1.82, 2.24) is 20.2 Å². The van der Waals surface area contributed by atoms with Crippen molar-refractivity contribution in [1.29, 1.82) is 0 Å². The van der Waals surface area contributed by atoms with Crippen molar-refractivity contribution >= 4 is 23.7 Å². The Labute approximate surface area is 158 Å². The summed E-state index contributed by atoms with van der Waals surface area (Å²) in [4.78, 5) is 11.5. The average Bonchev–Trinajstić information content (AvgIpc) is 3.02. The summed E-state index contributed by atoms with van der Waals surface area (Å²) in [5.74, 6) is 0.296. The highest BCUT2D eigenvalue weighted by Crippen LogP contribution is 2.56. The normalized spacial score (nSPS) is 21.3. The lowest BCUT2D eigenvalue weighted by atomic mass is 9.93. The predicted molar refractivity (Wildman–Crippen MR) is 102 cm³/mol. The number of thiazole rings is 1. The summed E-state index contributed by atoms with van der Waals surface area (Å²) in [5.41, 5.74) is 2.19. The molecule has 2 fully saturated rings. The number of rotatable bonds is 5. The van der Waals surface area contributed by atoms with Crippen LogP contribution in [0.4, 0.5) is 0 Å². The molecule has 2 aliphatic rings. The quantitative estimate of drug-likeness (QED) is 0.834. The standard InChI is InChI=1S/C18H24N4OS.ClH/c1-13-2-3-15(23)14(21-13)11-22(12-17-20-8-9-24-17)16-10-18(16)4-6-19-7-5-18;/h2-3,8-9,16,19,23H,4-7,10-12H2,1H3;1H. The maximum atomic E-state index is 10.2. The number of halogens is 1. The fourth-order valence-electron chi connectivity index (χ4n) is 4.00. The Morgan fingerprint density at radius 2 is 2.12 bits per heavy atom. The van der Waals surface area contributed by atoms with Gasteiger partial charge in [-0.2, -0.15) is 0 Å². The van der Waals surface area contributed by atoms with Crippen LogP contribution in [0.5, 0.6) is 5.75 Å². The van der Waals surface area contributed by atoms with Gasteiger partial charge in [-0.1, -0.05) is 0 Å². The first-order chi connectivity index (χ1) is 11.7. The van der Waals surface area contributed by atoms with Gasteiger partial charge in [0.15, 0.2) is 0 Å². The van der Waals surface area contributed by atoms with Crippen LogP contribution in [-0.4, -0.2) is 39.1 Å². The van der Waals surface area contributed by atoms with Crippen molar-refractivity contribution in [3.05, 3.63) is 40.1 Å². The van der Waals surface area contributed by atoms with Gasteiger partial charge in [0.25, 0.3) is 0 Å². The average molecular weight is 381 g/mol. The molecule has 136 valence electrons. The van der Waals surface area contributed by atoms with E-state index < -0.39 is 0 Å². The third kappa shape index (κ3) is 3.97. The van der Waals surface area contributed by atoms with Gasteiger partial charge in [-0.15, -0.1) is 23.7 Å². The first-order valence-electron chi connectivity index (χ1n) is 8.65. The van der Waals surface area contributed by atoms with Gasteiger partial charge >= 0.3 is 0 Å². The van der Waals surface area contributed by atoms with E-state index in [1.54, 1.807) is 17.4 Å². The summed E-state index contributed by atoms with van der Waals surface area (Å²) < 4.78 is 0. The number of nitrogens with zero attached hydrogens (tertiary/aromatic N) is 3. The van der Waals surface area contributed by atoms with E-state index in [1.807, 2.05) is 24.6 Å². The molecule has 2 aromatic rings. The molecule has 3 heterocycles. The summed E-state index contributed by atoms with van der Waals surface area (Å²) in [6, 6.07) is 4.19. The summed E-state index contributed by atoms with van der Waals surface area (Å²) in [7, 11) is 0. The van der Waals surface area contributed by atoms with Gasteiger partial charge in [0, 0.05) is 29.9 Å². The zero-order valence-electron chi connectivity index (χ0n) is 14.4. The molecular weight excluding hydrogens is 356 g/mol. The molecule has 0 aromatic carbocycles. The molecule has 1 spiro atoms. The van der Waals surface area contributed by atoms with Gasteiger partial charge in [-0.05, 0) is 56.8 Å². The Morgan fingerprint density at radius 1 is 1.32 bits per heavy atom. The van der Waals surface area contributed by atoms with Crippen LogP contribution in [0.25, 0.3) is 0 Å². The zero-order chi connectivity index (χ0) is 16.6. The molecule has 1 aliphatic heterocycles. The number of pyridine rings is 1. The molecule has 25 heavy (non-hydrogen) atoms. The highest BCUT2D eigenvalue weighted by molar-refractivity contribution is 7.09. The van der Waals surface area contributed by atoms with Crippen LogP contribution < -0.4 is 5.32 Å². The van der Waals surface area contributed by atoms with Crippen molar-refractivity contribution in [2.75, 3.05) is 13.1 Å². The molecule has 1 saturated heterocycles. The number of hydrogen-bond donors (Lipinski definition) is 2. The topological polar surface area (TPSA) is 61.3 Å². The number of piperidine rings is 1. The molecule has 5 nitrogen and oxygen atoms in total. The fraction of sp³-hybridized carbons (Fsp3) is 0.556. The molecule has 0 radical (unpaired) electrons. The molecule has 1 aliphatic carbocycles. The van der Waals surface area contributed by atoms with Crippen LogP contribution in [-0.2, 0) is 13.1 Å². The SMILES string of the molecule is Cc1ccc(O)c(CN(Cc2nccs2)C2CC23CCNCC3)n1.Cl. The van der Waals surface area contributed by atoms with Crippen molar-refractivity contribution < 1.29 is 5.11 Å². The first kappa shape index (κ1) is 18.6. The van der Waals surface area contributed by atoms with Crippen molar-refractivity contribution in [3.8, 4) is 5.75 Å². The van der Waals surface area contributed by atoms with Gasteiger partial charge in [-0.3, -0.25) is 9.88 Å². The van der Waals surface area contributed by atoms with Gasteiger partial charge < -0.3 is 10.4 Å². The fourth-order valence-corrected chi connectivity index (χ4v) is 4.64. The molecule has 2 N–H and O–H groups in total. The lowest BCUT2D eigenvalue weighted by Crippen LogP contribution is -2.36. The Bertz CT molecular complexity index is 703. The molecule has 1 atom stereocenters. The van der Waals surface area contributed by atoms with Crippen LogP contribution in [0.2, 0.25) is 0 Å². The lowest BCUT2D eigenvalue weighted by molar-refractivity contribution is 0.184. The van der Waals surface area contributed by atoms with Crippen LogP contribution in [0.1, 0.15) is 35.7 Å². The van der Waals surface area contributed by atoms with E-state index in [9.17, 15) is 5.11 Å². The highest BCUT2D eigenvalue weighted by Gasteiger charge is 2.56. The maximum absolute atomic E-state index is 10.2. The molecule has 7 heteroatoms. The van der Waals surface area contributed by atoms with E-state index in [4.69, 9.17) is 0 Å². The summed E-state index contributed by atoms with van der Waals surface area (Å²) in [5, 5.41) is 16.8. The molecule has 1 unspecified atom stereocenters. The smallest absolute Gasteiger partial charge is 0.138 e. The second-order valence-electron chi connectivity index (χ2n) is 7.08. The van der Waals surface area contributed by atoms with Crippen LogP contribution in [0.3, 0.4) is 0 Å². The molecule has 1 saturated carbocycles. The summed E-state index contributed by atoms with van der Waals surface area (Å²) in [6.07, 6.45) is 5.62. The largest absolute Gasteiger partial charge is 0.506 e. The number of aryl methyl sites for hydroxylation is 1. The molecule has 4 rings (SSSR count). The number of nitrogens with one attached hydrogen (secondary N) is 1. The highest BCUT2D eigenvalue weighted by atomic mass is 35.5. The molecule has 0 bridgehead atoms. The monoisotopic (exact) mass is 380 g/mol. The second kappa shape index (κ2) is 7.58. The van der Waals surface area contributed by atoms with E-state index in [2.05, 4.69) is 20.2 Å². The Hall–Kier alpha value is -1.21. The van der Waals surface area contributed by atoms with Gasteiger partial charge in [-0.25, -0.2) is 4.98 Å². The van der Waals surface area contributed by atoms with Gasteiger partial charge in [0.05, 0.1) is 12.2 Å². The minimum atomic E-state index is 0. The van der Waals surface area contributed by atoms with E-state index in [0.717, 1.165) is 36.0 Å². The van der Waals surface area contributed by atoms with E-state index >= 15 is 0 Å². The van der Waals surface area contributed by atoms with Gasteiger partial charge in [0.2, 0.25) is 0 Å². The molecule has 2 aromatic heterocycles. The van der Waals surface area contributed by atoms with Crippen molar-refractivity contribution in [2.24, 2.45) is 5.41 Å². The number of aromatic hydroxyl groups is 1. The molecule has 0 amide bonds. The Kier molecular flexibility index (Phi) is 5.63. The minimum absolute atomic E-state index is 0. The molecular formula is C18H25ClN4OS. The van der Waals surface area contributed by atoms with E-state index in [1.165, 1.54) is 19.3 Å². The minimum Gasteiger partial charge on any atom is -0.506 e. The number of aromatic nitrogens is 2. The van der Waals surface area contributed by atoms with Crippen LogP contribution >= 0.6 is 23.7 Å².